The third-order valence-corrected chi connectivity index (χ3v) is 2.95. The zero-order valence-electron chi connectivity index (χ0n) is 10.2. The van der Waals surface area contributed by atoms with Crippen LogP contribution >= 0.6 is 0 Å². The average Bonchev–Trinajstić information content (AvgIpc) is 2.40. The molecule has 2 heteroatoms. The van der Waals surface area contributed by atoms with Crippen molar-refractivity contribution in [1.29, 1.82) is 0 Å². The van der Waals surface area contributed by atoms with Crippen molar-refractivity contribution in [1.82, 2.24) is 0 Å². The van der Waals surface area contributed by atoms with E-state index in [4.69, 9.17) is 4.65 Å². The molecule has 0 bridgehead atoms. The van der Waals surface area contributed by atoms with Crippen LogP contribution in [0.4, 0.5) is 0 Å². The van der Waals surface area contributed by atoms with E-state index in [-0.39, 0.29) is 6.92 Å². The van der Waals surface area contributed by atoms with Gasteiger partial charge in [0.1, 0.15) is 0 Å². The second kappa shape index (κ2) is 6.26. The highest BCUT2D eigenvalue weighted by Crippen LogP contribution is 2.08. The molecule has 0 saturated carbocycles. The van der Waals surface area contributed by atoms with Gasteiger partial charge in [0.05, 0.1) is 0 Å². The molecule has 2 aromatic carbocycles. The zero-order valence-corrected chi connectivity index (χ0v) is 10.2. The van der Waals surface area contributed by atoms with Gasteiger partial charge in [-0.1, -0.05) is 71.8 Å². The van der Waals surface area contributed by atoms with Gasteiger partial charge in [-0.3, -0.25) is 0 Å². The van der Waals surface area contributed by atoms with Crippen molar-refractivity contribution >= 4 is 6.92 Å². The van der Waals surface area contributed by atoms with Gasteiger partial charge < -0.3 is 4.65 Å². The van der Waals surface area contributed by atoms with Crippen LogP contribution in [0, 0.1) is 0 Å². The predicted molar refractivity (Wildman–Crippen MR) is 73.1 cm³/mol. The Hall–Kier alpha value is -1.54. The molecule has 2 rings (SSSR count). The second-order valence-corrected chi connectivity index (χ2v) is 4.24. The van der Waals surface area contributed by atoms with Crippen LogP contribution in [-0.4, -0.2) is 14.0 Å². The first-order chi connectivity index (χ1) is 8.38. The van der Waals surface area contributed by atoms with Gasteiger partial charge in [-0.05, 0) is 12.6 Å². The van der Waals surface area contributed by atoms with Gasteiger partial charge in [-0.15, -0.1) is 0 Å². The summed E-state index contributed by atoms with van der Waals surface area (Å²) in [5, 5.41) is 0. The van der Waals surface area contributed by atoms with E-state index < -0.39 is 0 Å². The Morgan fingerprint density at radius 3 is 1.53 bits per heavy atom. The molecule has 2 aromatic rings. The monoisotopic (exact) mass is 224 g/mol. The van der Waals surface area contributed by atoms with Crippen molar-refractivity contribution in [2.75, 3.05) is 7.11 Å². The van der Waals surface area contributed by atoms with E-state index in [9.17, 15) is 0 Å². The van der Waals surface area contributed by atoms with Crippen molar-refractivity contribution in [3.05, 3.63) is 71.8 Å². The maximum Gasteiger partial charge on any atom is 0.301 e. The molecule has 0 aliphatic rings. The summed E-state index contributed by atoms with van der Waals surface area (Å²) in [6, 6.07) is 21.0. The largest absolute Gasteiger partial charge is 0.438 e. The van der Waals surface area contributed by atoms with Gasteiger partial charge in [0.15, 0.2) is 0 Å². The Morgan fingerprint density at radius 1 is 0.765 bits per heavy atom. The van der Waals surface area contributed by atoms with E-state index in [0.717, 1.165) is 12.6 Å². The van der Waals surface area contributed by atoms with Crippen molar-refractivity contribution < 1.29 is 4.65 Å². The lowest BCUT2D eigenvalue weighted by Gasteiger charge is -2.11. The molecule has 0 atom stereocenters. The van der Waals surface area contributed by atoms with Crippen LogP contribution in [0.1, 0.15) is 11.1 Å². The Labute approximate surface area is 104 Å². The molecule has 0 saturated heterocycles. The highest BCUT2D eigenvalue weighted by Gasteiger charge is 2.15. The molecule has 0 amide bonds. The summed E-state index contributed by atoms with van der Waals surface area (Å²) in [6.07, 6.45) is 1.93. The smallest absolute Gasteiger partial charge is 0.301 e. The number of rotatable bonds is 5. The maximum atomic E-state index is 5.56. The molecule has 86 valence electrons. The maximum absolute atomic E-state index is 5.56. The van der Waals surface area contributed by atoms with Crippen molar-refractivity contribution in [2.24, 2.45) is 0 Å². The summed E-state index contributed by atoms with van der Waals surface area (Å²) in [4.78, 5) is 0. The molecule has 0 N–H and O–H groups in total. The molecular weight excluding hydrogens is 207 g/mol. The summed E-state index contributed by atoms with van der Waals surface area (Å²) in [7, 11) is 1.79. The minimum absolute atomic E-state index is 0.250. The molecule has 0 aromatic heterocycles. The Bertz CT molecular complexity index is 386. The number of hydrogen-bond acceptors (Lipinski definition) is 1. The lowest BCUT2D eigenvalue weighted by molar-refractivity contribution is 0.417. The van der Waals surface area contributed by atoms with Gasteiger partial charge in [0, 0.05) is 7.11 Å². The molecule has 0 aliphatic carbocycles. The fourth-order valence-corrected chi connectivity index (χ4v) is 1.99. The molecule has 0 fully saturated rings. The third-order valence-electron chi connectivity index (χ3n) is 2.95. The second-order valence-electron chi connectivity index (χ2n) is 4.24. The van der Waals surface area contributed by atoms with Crippen LogP contribution in [0.3, 0.4) is 0 Å². The lowest BCUT2D eigenvalue weighted by Crippen LogP contribution is -2.23. The van der Waals surface area contributed by atoms with Gasteiger partial charge in [-0.2, -0.15) is 0 Å². The van der Waals surface area contributed by atoms with Gasteiger partial charge >= 0.3 is 6.92 Å². The van der Waals surface area contributed by atoms with Gasteiger partial charge in [0.25, 0.3) is 0 Å². The summed E-state index contributed by atoms with van der Waals surface area (Å²) < 4.78 is 5.56. The van der Waals surface area contributed by atoms with Crippen molar-refractivity contribution in [3.8, 4) is 0 Å². The lowest BCUT2D eigenvalue weighted by atomic mass is 9.58. The first-order valence-corrected chi connectivity index (χ1v) is 5.99. The Kier molecular flexibility index (Phi) is 4.40. The molecule has 0 aliphatic heterocycles. The first kappa shape index (κ1) is 11.9. The Balaban J connectivity index is 1.98. The third kappa shape index (κ3) is 3.75. The molecule has 0 heterocycles. The average molecular weight is 224 g/mol. The fourth-order valence-electron chi connectivity index (χ4n) is 1.99. The predicted octanol–water partition coefficient (Wildman–Crippen LogP) is 3.19. The van der Waals surface area contributed by atoms with E-state index in [2.05, 4.69) is 48.5 Å². The van der Waals surface area contributed by atoms with Crippen LogP contribution in [0.2, 0.25) is 0 Å². The van der Waals surface area contributed by atoms with Crippen LogP contribution < -0.4 is 0 Å². The summed E-state index contributed by atoms with van der Waals surface area (Å²) in [5.41, 5.74) is 2.66. The molecular formula is C15H17BO. The zero-order chi connectivity index (χ0) is 11.9. The van der Waals surface area contributed by atoms with Gasteiger partial charge in [-0.25, -0.2) is 0 Å². The standard InChI is InChI=1S/C15H17BO/c1-17-16(12-14-8-4-2-5-9-14)13-15-10-6-3-7-11-15/h2-11H,12-13H2,1H3. The number of benzene rings is 2. The van der Waals surface area contributed by atoms with Crippen LogP contribution in [-0.2, 0) is 17.3 Å². The normalized spacial score (nSPS) is 10.2. The molecule has 0 unspecified atom stereocenters. The van der Waals surface area contributed by atoms with Crippen molar-refractivity contribution in [2.45, 2.75) is 12.6 Å². The highest BCUT2D eigenvalue weighted by molar-refractivity contribution is 6.50. The number of hydrogen-bond donors (Lipinski definition) is 0. The molecule has 1 nitrogen and oxygen atoms in total. The van der Waals surface area contributed by atoms with Gasteiger partial charge in [0.2, 0.25) is 0 Å². The van der Waals surface area contributed by atoms with Crippen LogP contribution in [0.15, 0.2) is 60.7 Å². The topological polar surface area (TPSA) is 9.23 Å². The fraction of sp³-hybridized carbons (Fsp3) is 0.200. The van der Waals surface area contributed by atoms with Crippen molar-refractivity contribution in [3.63, 3.8) is 0 Å². The quantitative estimate of drug-likeness (QED) is 0.708. The summed E-state index contributed by atoms with van der Waals surface area (Å²) in [5.74, 6) is 0. The summed E-state index contributed by atoms with van der Waals surface area (Å²) >= 11 is 0. The minimum atomic E-state index is 0.250. The first-order valence-electron chi connectivity index (χ1n) is 5.99. The van der Waals surface area contributed by atoms with E-state index >= 15 is 0 Å². The summed E-state index contributed by atoms with van der Waals surface area (Å²) in [6.45, 7) is 0.250. The van der Waals surface area contributed by atoms with E-state index in [1.165, 1.54) is 11.1 Å². The molecule has 0 radical (unpaired) electrons. The SMILES string of the molecule is COB(Cc1ccccc1)Cc1ccccc1. The van der Waals surface area contributed by atoms with E-state index in [1.807, 2.05) is 12.1 Å². The highest BCUT2D eigenvalue weighted by atomic mass is 16.4. The van der Waals surface area contributed by atoms with Crippen LogP contribution in [0.25, 0.3) is 0 Å². The van der Waals surface area contributed by atoms with E-state index in [1.54, 1.807) is 7.11 Å². The molecule has 0 spiro atoms. The minimum Gasteiger partial charge on any atom is -0.438 e. The van der Waals surface area contributed by atoms with Crippen LogP contribution in [0.5, 0.6) is 0 Å². The Morgan fingerprint density at radius 2 is 1.18 bits per heavy atom. The molecule has 17 heavy (non-hydrogen) atoms. The van der Waals surface area contributed by atoms with E-state index in [0.29, 0.717) is 0 Å².